The standard InChI is InChI=1S/C13H20F3N3O3/c1-8-10(9(2)18-17-8)6-12(21)19(4-5-22-3)7-11(20)13(14,15)16/h11,20H,4-7H2,1-3H3,(H,17,18). The van der Waals surface area contributed by atoms with Gasteiger partial charge in [-0.3, -0.25) is 9.89 Å². The maximum absolute atomic E-state index is 12.5. The molecule has 0 fully saturated rings. The Morgan fingerprint density at radius 3 is 2.55 bits per heavy atom. The number of aryl methyl sites for hydroxylation is 2. The number of nitrogens with zero attached hydrogens (tertiary/aromatic N) is 2. The van der Waals surface area contributed by atoms with E-state index in [9.17, 15) is 18.0 Å². The number of hydrogen-bond acceptors (Lipinski definition) is 4. The first-order valence-corrected chi connectivity index (χ1v) is 6.68. The molecule has 1 unspecified atom stereocenters. The van der Waals surface area contributed by atoms with Crippen molar-refractivity contribution in [2.75, 3.05) is 26.8 Å². The molecule has 0 bridgehead atoms. The fourth-order valence-corrected chi connectivity index (χ4v) is 1.93. The third-order valence-electron chi connectivity index (χ3n) is 3.30. The molecular formula is C13H20F3N3O3. The van der Waals surface area contributed by atoms with Crippen LogP contribution in [0, 0.1) is 13.8 Å². The zero-order valence-electron chi connectivity index (χ0n) is 12.7. The van der Waals surface area contributed by atoms with E-state index >= 15 is 0 Å². The summed E-state index contributed by atoms with van der Waals surface area (Å²) in [6.45, 7) is 2.67. The number of nitrogens with one attached hydrogen (secondary N) is 1. The number of aromatic amines is 1. The Morgan fingerprint density at radius 1 is 1.45 bits per heavy atom. The Labute approximate surface area is 126 Å². The molecule has 1 aromatic heterocycles. The van der Waals surface area contributed by atoms with Gasteiger partial charge in [0.25, 0.3) is 0 Å². The van der Waals surface area contributed by atoms with Gasteiger partial charge in [-0.05, 0) is 13.8 Å². The highest BCUT2D eigenvalue weighted by Gasteiger charge is 2.40. The van der Waals surface area contributed by atoms with E-state index in [-0.39, 0.29) is 19.6 Å². The molecule has 1 aromatic rings. The smallest absolute Gasteiger partial charge is 0.383 e. The number of aliphatic hydroxyl groups is 1. The van der Waals surface area contributed by atoms with Crippen LogP contribution in [-0.4, -0.2) is 65.2 Å². The second kappa shape index (κ2) is 7.59. The van der Waals surface area contributed by atoms with Crippen molar-refractivity contribution in [2.45, 2.75) is 32.5 Å². The number of methoxy groups -OCH3 is 1. The molecule has 9 heteroatoms. The van der Waals surface area contributed by atoms with E-state index in [1.54, 1.807) is 13.8 Å². The van der Waals surface area contributed by atoms with Crippen molar-refractivity contribution >= 4 is 5.91 Å². The summed E-state index contributed by atoms with van der Waals surface area (Å²) < 4.78 is 42.2. The molecular weight excluding hydrogens is 303 g/mol. The van der Waals surface area contributed by atoms with Crippen LogP contribution < -0.4 is 0 Å². The molecule has 1 rings (SSSR count). The van der Waals surface area contributed by atoms with Crippen molar-refractivity contribution in [3.63, 3.8) is 0 Å². The quantitative estimate of drug-likeness (QED) is 0.784. The van der Waals surface area contributed by atoms with Crippen LogP contribution in [0.1, 0.15) is 17.0 Å². The van der Waals surface area contributed by atoms with Gasteiger partial charge in [-0.15, -0.1) is 0 Å². The minimum absolute atomic E-state index is 0.0293. The molecule has 1 amide bonds. The Balaban J connectivity index is 2.80. The van der Waals surface area contributed by atoms with Crippen molar-refractivity contribution in [3.05, 3.63) is 17.0 Å². The molecule has 126 valence electrons. The van der Waals surface area contributed by atoms with Crippen LogP contribution in [0.25, 0.3) is 0 Å². The normalized spacial score (nSPS) is 13.2. The number of aliphatic hydroxyl groups excluding tert-OH is 1. The van der Waals surface area contributed by atoms with Gasteiger partial charge in [0.05, 0.1) is 25.3 Å². The van der Waals surface area contributed by atoms with Gasteiger partial charge in [0.15, 0.2) is 6.10 Å². The lowest BCUT2D eigenvalue weighted by atomic mass is 10.1. The lowest BCUT2D eigenvalue weighted by molar-refractivity contribution is -0.208. The number of ether oxygens (including phenoxy) is 1. The molecule has 0 aliphatic heterocycles. The van der Waals surface area contributed by atoms with Crippen LogP contribution in [-0.2, 0) is 16.0 Å². The van der Waals surface area contributed by atoms with Crippen molar-refractivity contribution in [1.82, 2.24) is 15.1 Å². The van der Waals surface area contributed by atoms with Crippen LogP contribution in [0.2, 0.25) is 0 Å². The van der Waals surface area contributed by atoms with Crippen LogP contribution >= 0.6 is 0 Å². The van der Waals surface area contributed by atoms with E-state index in [0.717, 1.165) is 4.90 Å². The number of amides is 1. The number of H-pyrrole nitrogens is 1. The van der Waals surface area contributed by atoms with Gasteiger partial charge >= 0.3 is 6.18 Å². The van der Waals surface area contributed by atoms with Crippen molar-refractivity contribution in [2.24, 2.45) is 0 Å². The second-order valence-corrected chi connectivity index (χ2v) is 4.98. The van der Waals surface area contributed by atoms with Crippen molar-refractivity contribution in [1.29, 1.82) is 0 Å². The number of alkyl halides is 3. The molecule has 2 N–H and O–H groups in total. The van der Waals surface area contributed by atoms with Crippen molar-refractivity contribution < 1.29 is 27.8 Å². The SMILES string of the molecule is COCCN(CC(O)C(F)(F)F)C(=O)Cc1c(C)n[nH]c1C. The highest BCUT2D eigenvalue weighted by molar-refractivity contribution is 5.79. The van der Waals surface area contributed by atoms with Crippen molar-refractivity contribution in [3.8, 4) is 0 Å². The first-order valence-electron chi connectivity index (χ1n) is 6.68. The van der Waals surface area contributed by atoms with E-state index < -0.39 is 24.7 Å². The predicted molar refractivity (Wildman–Crippen MR) is 72.3 cm³/mol. The molecule has 0 spiro atoms. The van der Waals surface area contributed by atoms with Gasteiger partial charge < -0.3 is 14.7 Å². The lowest BCUT2D eigenvalue weighted by Gasteiger charge is -2.26. The Kier molecular flexibility index (Phi) is 6.36. The topological polar surface area (TPSA) is 78.5 Å². The van der Waals surface area contributed by atoms with E-state index in [0.29, 0.717) is 17.0 Å². The van der Waals surface area contributed by atoms with Gasteiger partial charge in [0.2, 0.25) is 5.91 Å². The number of aromatic nitrogens is 2. The first kappa shape index (κ1) is 18.4. The van der Waals surface area contributed by atoms with Gasteiger partial charge in [0.1, 0.15) is 0 Å². The number of hydrogen-bond donors (Lipinski definition) is 2. The summed E-state index contributed by atoms with van der Waals surface area (Å²) in [7, 11) is 1.38. The molecule has 0 saturated carbocycles. The molecule has 0 aliphatic carbocycles. The lowest BCUT2D eigenvalue weighted by Crippen LogP contribution is -2.45. The number of rotatable bonds is 7. The zero-order chi connectivity index (χ0) is 16.9. The fraction of sp³-hybridized carbons (Fsp3) is 0.692. The monoisotopic (exact) mass is 323 g/mol. The van der Waals surface area contributed by atoms with E-state index in [1.165, 1.54) is 7.11 Å². The van der Waals surface area contributed by atoms with Crippen LogP contribution in [0.15, 0.2) is 0 Å². The molecule has 0 aliphatic rings. The number of halogens is 3. The van der Waals surface area contributed by atoms with Gasteiger partial charge in [-0.25, -0.2) is 0 Å². The fourth-order valence-electron chi connectivity index (χ4n) is 1.93. The van der Waals surface area contributed by atoms with E-state index in [4.69, 9.17) is 9.84 Å². The predicted octanol–water partition coefficient (Wildman–Crippen LogP) is 0.967. The van der Waals surface area contributed by atoms with Crippen LogP contribution in [0.4, 0.5) is 13.2 Å². The minimum atomic E-state index is -4.77. The summed E-state index contributed by atoms with van der Waals surface area (Å²) >= 11 is 0. The molecule has 1 atom stereocenters. The number of carbonyl (C=O) groups is 1. The summed E-state index contributed by atoms with van der Waals surface area (Å²) in [5.74, 6) is -0.520. The first-order chi connectivity index (χ1) is 10.2. The largest absolute Gasteiger partial charge is 0.416 e. The highest BCUT2D eigenvalue weighted by Crippen LogP contribution is 2.21. The highest BCUT2D eigenvalue weighted by atomic mass is 19.4. The average Bonchev–Trinajstić information content (AvgIpc) is 2.73. The molecule has 0 saturated heterocycles. The van der Waals surface area contributed by atoms with Gasteiger partial charge in [-0.1, -0.05) is 0 Å². The Morgan fingerprint density at radius 2 is 2.09 bits per heavy atom. The van der Waals surface area contributed by atoms with Crippen LogP contribution in [0.3, 0.4) is 0 Å². The van der Waals surface area contributed by atoms with E-state index in [2.05, 4.69) is 10.2 Å². The molecule has 0 radical (unpaired) electrons. The van der Waals surface area contributed by atoms with Crippen LogP contribution in [0.5, 0.6) is 0 Å². The van der Waals surface area contributed by atoms with Gasteiger partial charge in [-0.2, -0.15) is 18.3 Å². The average molecular weight is 323 g/mol. The summed E-state index contributed by atoms with van der Waals surface area (Å²) in [5.41, 5.74) is 1.96. The third kappa shape index (κ3) is 4.99. The van der Waals surface area contributed by atoms with E-state index in [1.807, 2.05) is 0 Å². The zero-order valence-corrected chi connectivity index (χ0v) is 12.7. The van der Waals surface area contributed by atoms with Gasteiger partial charge in [0, 0.05) is 24.9 Å². The summed E-state index contributed by atoms with van der Waals surface area (Å²) in [6, 6.07) is 0. The minimum Gasteiger partial charge on any atom is -0.383 e. The Bertz CT molecular complexity index is 483. The molecule has 0 aromatic carbocycles. The molecule has 1 heterocycles. The maximum Gasteiger partial charge on any atom is 0.416 e. The molecule has 22 heavy (non-hydrogen) atoms. The summed E-state index contributed by atoms with van der Waals surface area (Å²) in [5, 5.41) is 15.8. The maximum atomic E-state index is 12.5. The second-order valence-electron chi connectivity index (χ2n) is 4.98. The Hall–Kier alpha value is -1.61. The molecule has 6 nitrogen and oxygen atoms in total. The summed E-state index contributed by atoms with van der Waals surface area (Å²) in [4.78, 5) is 13.2. The third-order valence-corrected chi connectivity index (χ3v) is 3.30. The number of carbonyl (C=O) groups excluding carboxylic acids is 1. The summed E-state index contributed by atoms with van der Waals surface area (Å²) in [6.07, 6.45) is -7.44.